The summed E-state index contributed by atoms with van der Waals surface area (Å²) in [4.78, 5) is 12.2. The number of amides is 1. The highest BCUT2D eigenvalue weighted by Gasteiger charge is 2.06. The Morgan fingerprint density at radius 1 is 1.10 bits per heavy atom. The molecule has 0 spiro atoms. The maximum absolute atomic E-state index is 12.2. The lowest BCUT2D eigenvalue weighted by molar-refractivity contribution is 0.102. The summed E-state index contributed by atoms with van der Waals surface area (Å²) in [5.74, 6) is -0.0762. The van der Waals surface area contributed by atoms with Crippen LogP contribution in [0.1, 0.15) is 35.3 Å². The molecule has 0 aliphatic rings. The fourth-order valence-electron chi connectivity index (χ4n) is 2.07. The number of aryl methyl sites for hydroxylation is 1. The molecule has 1 amide bonds. The number of anilines is 1. The lowest BCUT2D eigenvalue weighted by Gasteiger charge is -2.10. The quantitative estimate of drug-likeness (QED) is 0.877. The molecule has 2 aromatic rings. The van der Waals surface area contributed by atoms with Gasteiger partial charge in [0.05, 0.1) is 0 Å². The highest BCUT2D eigenvalue weighted by atomic mass is 16.1. The van der Waals surface area contributed by atoms with E-state index in [-0.39, 0.29) is 5.91 Å². The first-order valence-corrected chi connectivity index (χ1v) is 7.25. The first-order valence-electron chi connectivity index (χ1n) is 7.25. The fraction of sp³-hybridized carbons (Fsp3) is 0.278. The van der Waals surface area contributed by atoms with E-state index >= 15 is 0 Å². The highest BCUT2D eigenvalue weighted by molar-refractivity contribution is 6.04. The highest BCUT2D eigenvalue weighted by Crippen LogP contribution is 2.13. The summed E-state index contributed by atoms with van der Waals surface area (Å²) in [5.41, 5.74) is 3.74. The van der Waals surface area contributed by atoms with Crippen molar-refractivity contribution in [2.75, 3.05) is 5.32 Å². The SMILES string of the molecule is Cc1cccc(C(=O)Nc2cccc(CNC(C)C)c2)c1. The Balaban J connectivity index is 2.05. The Labute approximate surface area is 126 Å². The van der Waals surface area contributed by atoms with Crippen molar-refractivity contribution in [2.24, 2.45) is 0 Å². The molecular formula is C18H22N2O. The number of hydrogen-bond donors (Lipinski definition) is 2. The van der Waals surface area contributed by atoms with Gasteiger partial charge >= 0.3 is 0 Å². The van der Waals surface area contributed by atoms with Crippen LogP contribution in [0.5, 0.6) is 0 Å². The average Bonchev–Trinajstić information content (AvgIpc) is 2.45. The first kappa shape index (κ1) is 15.3. The largest absolute Gasteiger partial charge is 0.322 e. The molecule has 110 valence electrons. The van der Waals surface area contributed by atoms with Gasteiger partial charge in [-0.1, -0.05) is 43.7 Å². The predicted molar refractivity (Wildman–Crippen MR) is 87.5 cm³/mol. The molecule has 0 aromatic heterocycles. The molecule has 3 nitrogen and oxygen atoms in total. The number of hydrogen-bond acceptors (Lipinski definition) is 2. The molecule has 0 heterocycles. The Hall–Kier alpha value is -2.13. The molecule has 0 radical (unpaired) electrons. The van der Waals surface area contributed by atoms with Crippen molar-refractivity contribution < 1.29 is 4.79 Å². The zero-order chi connectivity index (χ0) is 15.2. The molecule has 3 heteroatoms. The van der Waals surface area contributed by atoms with Crippen LogP contribution < -0.4 is 10.6 Å². The van der Waals surface area contributed by atoms with E-state index in [1.807, 2.05) is 49.4 Å². The lowest BCUT2D eigenvalue weighted by atomic mass is 10.1. The van der Waals surface area contributed by atoms with Crippen LogP contribution >= 0.6 is 0 Å². The molecule has 2 rings (SSSR count). The molecule has 0 fully saturated rings. The molecule has 2 aromatic carbocycles. The average molecular weight is 282 g/mol. The third kappa shape index (κ3) is 4.72. The van der Waals surface area contributed by atoms with Gasteiger partial charge in [-0.25, -0.2) is 0 Å². The van der Waals surface area contributed by atoms with Crippen molar-refractivity contribution in [2.45, 2.75) is 33.4 Å². The molecule has 0 saturated heterocycles. The van der Waals surface area contributed by atoms with Crippen LogP contribution in [0.15, 0.2) is 48.5 Å². The van der Waals surface area contributed by atoms with E-state index in [1.165, 1.54) is 0 Å². The number of benzene rings is 2. The molecule has 0 aliphatic carbocycles. The van der Waals surface area contributed by atoms with Crippen LogP contribution in [0.25, 0.3) is 0 Å². The number of nitrogens with one attached hydrogen (secondary N) is 2. The van der Waals surface area contributed by atoms with Crippen LogP contribution in [0.4, 0.5) is 5.69 Å². The molecule has 0 atom stereocenters. The maximum atomic E-state index is 12.2. The summed E-state index contributed by atoms with van der Waals surface area (Å²) >= 11 is 0. The summed E-state index contributed by atoms with van der Waals surface area (Å²) in [6.45, 7) is 7.01. The zero-order valence-corrected chi connectivity index (χ0v) is 12.8. The molecule has 0 saturated carbocycles. The van der Waals surface area contributed by atoms with Crippen molar-refractivity contribution in [3.8, 4) is 0 Å². The van der Waals surface area contributed by atoms with E-state index in [0.717, 1.165) is 23.4 Å². The van der Waals surface area contributed by atoms with Gasteiger partial charge in [-0.2, -0.15) is 0 Å². The Bertz CT molecular complexity index is 620. The van der Waals surface area contributed by atoms with Gasteiger partial charge in [0, 0.05) is 23.8 Å². The summed E-state index contributed by atoms with van der Waals surface area (Å²) in [7, 11) is 0. The third-order valence-corrected chi connectivity index (χ3v) is 3.18. The van der Waals surface area contributed by atoms with E-state index in [4.69, 9.17) is 0 Å². The van der Waals surface area contributed by atoms with Crippen molar-refractivity contribution in [3.05, 3.63) is 65.2 Å². The number of rotatable bonds is 5. The minimum Gasteiger partial charge on any atom is -0.322 e. The molecule has 0 aliphatic heterocycles. The Kier molecular flexibility index (Phi) is 5.12. The van der Waals surface area contributed by atoms with Gasteiger partial charge in [0.2, 0.25) is 0 Å². The topological polar surface area (TPSA) is 41.1 Å². The molecular weight excluding hydrogens is 260 g/mol. The monoisotopic (exact) mass is 282 g/mol. The predicted octanol–water partition coefficient (Wildman–Crippen LogP) is 3.75. The summed E-state index contributed by atoms with van der Waals surface area (Å²) < 4.78 is 0. The van der Waals surface area contributed by atoms with Crippen molar-refractivity contribution in [1.82, 2.24) is 5.32 Å². The van der Waals surface area contributed by atoms with E-state index in [2.05, 4.69) is 30.5 Å². The third-order valence-electron chi connectivity index (χ3n) is 3.18. The minimum atomic E-state index is -0.0762. The summed E-state index contributed by atoms with van der Waals surface area (Å²) in [6.07, 6.45) is 0. The number of carbonyl (C=O) groups excluding carboxylic acids is 1. The molecule has 21 heavy (non-hydrogen) atoms. The van der Waals surface area contributed by atoms with Crippen LogP contribution in [0.2, 0.25) is 0 Å². The van der Waals surface area contributed by atoms with Crippen LogP contribution in [-0.2, 0) is 6.54 Å². The molecule has 2 N–H and O–H groups in total. The second kappa shape index (κ2) is 7.04. The van der Waals surface area contributed by atoms with Crippen molar-refractivity contribution in [1.29, 1.82) is 0 Å². The maximum Gasteiger partial charge on any atom is 0.255 e. The van der Waals surface area contributed by atoms with E-state index in [0.29, 0.717) is 11.6 Å². The second-order valence-corrected chi connectivity index (χ2v) is 5.56. The standard InChI is InChI=1S/C18H22N2O/c1-13(2)19-12-15-7-5-9-17(11-15)20-18(21)16-8-4-6-14(3)10-16/h4-11,13,19H,12H2,1-3H3,(H,20,21). The van der Waals surface area contributed by atoms with E-state index in [9.17, 15) is 4.79 Å². The summed E-state index contributed by atoms with van der Waals surface area (Å²) in [6, 6.07) is 16.0. The second-order valence-electron chi connectivity index (χ2n) is 5.56. The molecule has 0 unspecified atom stereocenters. The lowest BCUT2D eigenvalue weighted by Crippen LogP contribution is -2.21. The van der Waals surface area contributed by atoms with Crippen LogP contribution in [-0.4, -0.2) is 11.9 Å². The van der Waals surface area contributed by atoms with Gasteiger partial charge in [0.1, 0.15) is 0 Å². The van der Waals surface area contributed by atoms with Gasteiger partial charge in [-0.15, -0.1) is 0 Å². The van der Waals surface area contributed by atoms with Gasteiger partial charge in [0.25, 0.3) is 5.91 Å². The Morgan fingerprint density at radius 3 is 2.57 bits per heavy atom. The normalized spacial score (nSPS) is 10.7. The van der Waals surface area contributed by atoms with Gasteiger partial charge in [0.15, 0.2) is 0 Å². The van der Waals surface area contributed by atoms with Gasteiger partial charge < -0.3 is 10.6 Å². The van der Waals surface area contributed by atoms with Gasteiger partial charge in [-0.3, -0.25) is 4.79 Å². The zero-order valence-electron chi connectivity index (χ0n) is 12.8. The molecule has 0 bridgehead atoms. The van der Waals surface area contributed by atoms with E-state index in [1.54, 1.807) is 0 Å². The Morgan fingerprint density at radius 2 is 1.86 bits per heavy atom. The van der Waals surface area contributed by atoms with E-state index < -0.39 is 0 Å². The summed E-state index contributed by atoms with van der Waals surface area (Å²) in [5, 5.41) is 6.32. The minimum absolute atomic E-state index is 0.0762. The smallest absolute Gasteiger partial charge is 0.255 e. The van der Waals surface area contributed by atoms with Gasteiger partial charge in [-0.05, 0) is 36.8 Å². The van der Waals surface area contributed by atoms with Crippen LogP contribution in [0, 0.1) is 6.92 Å². The van der Waals surface area contributed by atoms with Crippen molar-refractivity contribution >= 4 is 11.6 Å². The van der Waals surface area contributed by atoms with Crippen molar-refractivity contribution in [3.63, 3.8) is 0 Å². The number of carbonyl (C=O) groups is 1. The fourth-order valence-corrected chi connectivity index (χ4v) is 2.07. The van der Waals surface area contributed by atoms with Crippen LogP contribution in [0.3, 0.4) is 0 Å². The first-order chi connectivity index (χ1) is 10.0.